The van der Waals surface area contributed by atoms with Gasteiger partial charge in [0.05, 0.1) is 5.97 Å². The van der Waals surface area contributed by atoms with Gasteiger partial charge in [-0.1, -0.05) is 51.0 Å². The Bertz CT molecular complexity index is 421. The summed E-state index contributed by atoms with van der Waals surface area (Å²) in [5.41, 5.74) is 1.56. The van der Waals surface area contributed by atoms with Crippen molar-refractivity contribution in [3.8, 4) is 0 Å². The van der Waals surface area contributed by atoms with Crippen molar-refractivity contribution in [1.82, 2.24) is 0 Å². The highest BCUT2D eigenvalue weighted by molar-refractivity contribution is 5.85. The van der Waals surface area contributed by atoms with Crippen molar-refractivity contribution in [1.29, 1.82) is 0 Å². The van der Waals surface area contributed by atoms with Crippen LogP contribution in [0, 0.1) is 11.8 Å². The molecule has 0 unspecified atom stereocenters. The third-order valence-electron chi connectivity index (χ3n) is 4.62. The van der Waals surface area contributed by atoms with Crippen molar-refractivity contribution in [3.63, 3.8) is 0 Å². The Morgan fingerprint density at radius 3 is 2.47 bits per heavy atom. The Morgan fingerprint density at radius 1 is 1.26 bits per heavy atom. The largest absolute Gasteiger partial charge is 0.545 e. The van der Waals surface area contributed by atoms with Gasteiger partial charge in [-0.25, -0.2) is 0 Å². The average molecular weight is 259 g/mol. The number of benzene rings is 1. The number of aromatic carboxylic acids is 1. The standard InChI is InChI=1S/C17H24O2/c1-3-4-13-5-10-16(11-12(13)2)14-6-8-15(9-7-14)17(18)19/h6-9,12-13,16H,3-5,10-11H2,1-2H3,(H,18,19)/p-1/t12-,13-,16+/m0/s1. The van der Waals surface area contributed by atoms with Crippen LogP contribution in [0.1, 0.15) is 67.8 Å². The molecule has 19 heavy (non-hydrogen) atoms. The van der Waals surface area contributed by atoms with Crippen LogP contribution < -0.4 is 5.11 Å². The predicted molar refractivity (Wildman–Crippen MR) is 74.9 cm³/mol. The van der Waals surface area contributed by atoms with Crippen LogP contribution in [-0.4, -0.2) is 5.97 Å². The lowest BCUT2D eigenvalue weighted by atomic mass is 9.71. The Hall–Kier alpha value is -1.31. The maximum Gasteiger partial charge on any atom is 0.0715 e. The van der Waals surface area contributed by atoms with Crippen molar-refractivity contribution < 1.29 is 9.90 Å². The van der Waals surface area contributed by atoms with Crippen LogP contribution in [0.5, 0.6) is 0 Å². The van der Waals surface area contributed by atoms with Gasteiger partial charge in [0, 0.05) is 0 Å². The van der Waals surface area contributed by atoms with Gasteiger partial charge in [-0.15, -0.1) is 0 Å². The Labute approximate surface area is 115 Å². The van der Waals surface area contributed by atoms with Gasteiger partial charge in [0.15, 0.2) is 0 Å². The Morgan fingerprint density at radius 2 is 1.95 bits per heavy atom. The highest BCUT2D eigenvalue weighted by Crippen LogP contribution is 2.41. The van der Waals surface area contributed by atoms with Gasteiger partial charge in [0.2, 0.25) is 0 Å². The molecule has 0 saturated heterocycles. The fraction of sp³-hybridized carbons (Fsp3) is 0.588. The van der Waals surface area contributed by atoms with E-state index in [0.29, 0.717) is 5.92 Å². The lowest BCUT2D eigenvalue weighted by molar-refractivity contribution is -0.255. The van der Waals surface area contributed by atoms with Gasteiger partial charge in [-0.2, -0.15) is 0 Å². The van der Waals surface area contributed by atoms with Crippen LogP contribution in [0.25, 0.3) is 0 Å². The molecule has 1 saturated carbocycles. The molecular formula is C17H23O2-. The second-order valence-corrected chi connectivity index (χ2v) is 5.95. The van der Waals surface area contributed by atoms with Crippen LogP contribution in [0.3, 0.4) is 0 Å². The molecule has 1 aromatic carbocycles. The number of carbonyl (C=O) groups excluding carboxylic acids is 1. The minimum Gasteiger partial charge on any atom is -0.545 e. The maximum atomic E-state index is 10.7. The molecule has 3 atom stereocenters. The molecule has 0 heterocycles. The summed E-state index contributed by atoms with van der Waals surface area (Å²) in [5, 5.41) is 10.7. The number of carboxylic acids is 1. The summed E-state index contributed by atoms with van der Waals surface area (Å²) < 4.78 is 0. The lowest BCUT2D eigenvalue weighted by Gasteiger charge is -2.34. The summed E-state index contributed by atoms with van der Waals surface area (Å²) in [7, 11) is 0. The van der Waals surface area contributed by atoms with E-state index in [2.05, 4.69) is 13.8 Å². The first-order chi connectivity index (χ1) is 9.11. The molecular weight excluding hydrogens is 236 g/mol. The topological polar surface area (TPSA) is 40.1 Å². The molecule has 0 aliphatic heterocycles. The maximum absolute atomic E-state index is 10.7. The SMILES string of the molecule is CCC[C@H]1CC[C@@H](c2ccc(C(=O)[O-])cc2)C[C@@H]1C. The van der Waals surface area contributed by atoms with E-state index in [1.165, 1.54) is 37.7 Å². The van der Waals surface area contributed by atoms with Crippen LogP contribution in [-0.2, 0) is 0 Å². The second-order valence-electron chi connectivity index (χ2n) is 5.95. The van der Waals surface area contributed by atoms with Gasteiger partial charge in [0.1, 0.15) is 0 Å². The normalized spacial score (nSPS) is 27.2. The molecule has 0 spiro atoms. The number of rotatable bonds is 4. The third kappa shape index (κ3) is 3.37. The molecule has 0 aromatic heterocycles. The van der Waals surface area contributed by atoms with Crippen LogP contribution in [0.2, 0.25) is 0 Å². The van der Waals surface area contributed by atoms with E-state index < -0.39 is 5.97 Å². The van der Waals surface area contributed by atoms with Crippen molar-refractivity contribution in [3.05, 3.63) is 35.4 Å². The summed E-state index contributed by atoms with van der Waals surface area (Å²) in [6.07, 6.45) is 6.40. The first-order valence-electron chi connectivity index (χ1n) is 7.43. The number of carbonyl (C=O) groups is 1. The van der Waals surface area contributed by atoms with Crippen molar-refractivity contribution in [2.24, 2.45) is 11.8 Å². The van der Waals surface area contributed by atoms with Gasteiger partial charge < -0.3 is 9.90 Å². The zero-order chi connectivity index (χ0) is 13.8. The first-order valence-corrected chi connectivity index (χ1v) is 7.43. The third-order valence-corrected chi connectivity index (χ3v) is 4.62. The molecule has 104 valence electrons. The summed E-state index contributed by atoms with van der Waals surface area (Å²) in [6, 6.07) is 7.27. The molecule has 2 rings (SSSR count). The highest BCUT2D eigenvalue weighted by Gasteiger charge is 2.27. The van der Waals surface area contributed by atoms with E-state index >= 15 is 0 Å². The fourth-order valence-electron chi connectivity index (χ4n) is 3.45. The van der Waals surface area contributed by atoms with E-state index in [1.54, 1.807) is 12.1 Å². The molecule has 1 aromatic rings. The second kappa shape index (κ2) is 6.23. The molecule has 1 aliphatic rings. The van der Waals surface area contributed by atoms with Crippen molar-refractivity contribution in [2.45, 2.75) is 51.9 Å². The van der Waals surface area contributed by atoms with E-state index in [-0.39, 0.29) is 5.56 Å². The van der Waals surface area contributed by atoms with E-state index in [9.17, 15) is 9.90 Å². The quantitative estimate of drug-likeness (QED) is 0.831. The Kier molecular flexibility index (Phi) is 4.62. The molecule has 0 amide bonds. The minimum absolute atomic E-state index is 0.275. The van der Waals surface area contributed by atoms with Gasteiger partial charge >= 0.3 is 0 Å². The van der Waals surface area contributed by atoms with Crippen molar-refractivity contribution in [2.75, 3.05) is 0 Å². The average Bonchev–Trinajstić information content (AvgIpc) is 2.41. The zero-order valence-corrected chi connectivity index (χ0v) is 11.9. The van der Waals surface area contributed by atoms with Crippen LogP contribution in [0.15, 0.2) is 24.3 Å². The summed E-state index contributed by atoms with van der Waals surface area (Å²) in [4.78, 5) is 10.7. The predicted octanol–water partition coefficient (Wildman–Crippen LogP) is 3.37. The van der Waals surface area contributed by atoms with Crippen molar-refractivity contribution >= 4 is 5.97 Å². The first kappa shape index (κ1) is 14.1. The van der Waals surface area contributed by atoms with E-state index in [0.717, 1.165) is 11.8 Å². The number of hydrogen-bond acceptors (Lipinski definition) is 2. The Balaban J connectivity index is 2.01. The molecule has 2 nitrogen and oxygen atoms in total. The lowest BCUT2D eigenvalue weighted by Crippen LogP contribution is -2.23. The molecule has 1 aliphatic carbocycles. The molecule has 0 bridgehead atoms. The van der Waals surface area contributed by atoms with Gasteiger partial charge in [-0.05, 0) is 48.1 Å². The van der Waals surface area contributed by atoms with Crippen LogP contribution >= 0.6 is 0 Å². The zero-order valence-electron chi connectivity index (χ0n) is 11.9. The van der Waals surface area contributed by atoms with Gasteiger partial charge in [-0.3, -0.25) is 0 Å². The fourth-order valence-corrected chi connectivity index (χ4v) is 3.45. The van der Waals surface area contributed by atoms with E-state index in [1.807, 2.05) is 12.1 Å². The molecule has 1 fully saturated rings. The highest BCUT2D eigenvalue weighted by atomic mass is 16.4. The van der Waals surface area contributed by atoms with Gasteiger partial charge in [0.25, 0.3) is 0 Å². The summed E-state index contributed by atoms with van der Waals surface area (Å²) in [6.45, 7) is 4.62. The smallest absolute Gasteiger partial charge is 0.0715 e. The number of hydrogen-bond donors (Lipinski definition) is 0. The molecule has 0 radical (unpaired) electrons. The summed E-state index contributed by atoms with van der Waals surface area (Å²) >= 11 is 0. The monoisotopic (exact) mass is 259 g/mol. The van der Waals surface area contributed by atoms with E-state index in [4.69, 9.17) is 0 Å². The molecule has 0 N–H and O–H groups in total. The number of carboxylic acid groups (broad SMARTS) is 1. The summed E-state index contributed by atoms with van der Waals surface area (Å²) in [5.74, 6) is 1.16. The minimum atomic E-state index is -1.09. The molecule has 2 heteroatoms. The van der Waals surface area contributed by atoms with Crippen LogP contribution in [0.4, 0.5) is 0 Å².